The maximum Gasteiger partial charge on any atom is 0.251 e. The zero-order valence-corrected chi connectivity index (χ0v) is 30.5. The lowest BCUT2D eigenvalue weighted by molar-refractivity contribution is -0.214. The summed E-state index contributed by atoms with van der Waals surface area (Å²) in [5.74, 6) is 3.25. The Morgan fingerprint density at radius 3 is 2.28 bits per heavy atom. The first kappa shape index (κ1) is 33.3. The van der Waals surface area contributed by atoms with E-state index in [4.69, 9.17) is 0 Å². The molecule has 5 aliphatic carbocycles. The second kappa shape index (κ2) is 12.3. The fourth-order valence-electron chi connectivity index (χ4n) is 12.7. The van der Waals surface area contributed by atoms with Crippen molar-refractivity contribution in [1.82, 2.24) is 10.6 Å². The summed E-state index contributed by atoms with van der Waals surface area (Å²) in [5.41, 5.74) is 2.99. The van der Waals surface area contributed by atoms with Crippen LogP contribution in [0.25, 0.3) is 0 Å². The first-order valence-electron chi connectivity index (χ1n) is 18.5. The maximum absolute atomic E-state index is 14.2. The van der Waals surface area contributed by atoms with Gasteiger partial charge < -0.3 is 15.7 Å². The van der Waals surface area contributed by atoms with E-state index in [-0.39, 0.29) is 28.7 Å². The van der Waals surface area contributed by atoms with Crippen molar-refractivity contribution in [2.75, 3.05) is 0 Å². The summed E-state index contributed by atoms with van der Waals surface area (Å²) in [7, 11) is 0. The number of hydrogen-bond acceptors (Lipinski definition) is 3. The highest BCUT2D eigenvalue weighted by Crippen LogP contribution is 2.73. The van der Waals surface area contributed by atoms with Crippen LogP contribution in [0, 0.1) is 51.2 Å². The summed E-state index contributed by atoms with van der Waals surface area (Å²) in [6.45, 7) is 10.8. The molecular weight excluding hydrogens is 648 g/mol. The molecule has 3 N–H and O–H groups in total. The van der Waals surface area contributed by atoms with Crippen LogP contribution in [-0.2, 0) is 17.9 Å². The minimum absolute atomic E-state index is 0.0143. The van der Waals surface area contributed by atoms with E-state index in [2.05, 4.69) is 54.3 Å². The van der Waals surface area contributed by atoms with Gasteiger partial charge in [0, 0.05) is 23.1 Å². The first-order chi connectivity index (χ1) is 22.4. The predicted octanol–water partition coefficient (Wildman–Crippen LogP) is 8.82. The van der Waals surface area contributed by atoms with Crippen LogP contribution in [-0.4, -0.2) is 23.0 Å². The molecule has 0 aromatic heterocycles. The highest BCUT2D eigenvalue weighted by atomic mass is 79.9. The van der Waals surface area contributed by atoms with Crippen molar-refractivity contribution in [3.05, 3.63) is 69.7 Å². The number of fused-ring (bicyclic) bond motifs is 7. The Kier molecular flexibility index (Phi) is 8.72. The Labute approximate surface area is 290 Å². The van der Waals surface area contributed by atoms with Gasteiger partial charge >= 0.3 is 0 Å². The molecule has 5 saturated carbocycles. The van der Waals surface area contributed by atoms with Crippen LogP contribution in [0.3, 0.4) is 0 Å². The summed E-state index contributed by atoms with van der Waals surface area (Å²) >= 11 is 3.49. The fraction of sp³-hybridized carbons (Fsp3) is 0.659. The van der Waals surface area contributed by atoms with Gasteiger partial charge in [-0.2, -0.15) is 0 Å². The second-order valence-corrected chi connectivity index (χ2v) is 18.2. The van der Waals surface area contributed by atoms with Crippen LogP contribution in [0.4, 0.5) is 0 Å². The standard InChI is InChI=1S/C41H55BrN2O3/c1-38(2)33-16-19-39(3)31-15-21-41(18-7-12-32(41)30(31)13-14-34(39)40(33,4)20-17-35(38)45)37(47)44-25-26-8-5-10-28(22-26)36(46)43-24-27-9-6-11-29(42)23-27/h5-6,8-11,22-23,30-35,45H,7,12-21,24-25H2,1-4H3,(H,43,46)(H,44,47). The van der Waals surface area contributed by atoms with Crippen molar-refractivity contribution in [2.45, 2.75) is 118 Å². The largest absolute Gasteiger partial charge is 0.393 e. The van der Waals surface area contributed by atoms with Gasteiger partial charge in [-0.05, 0) is 145 Å². The Hall–Kier alpha value is -2.18. The molecule has 5 nitrogen and oxygen atoms in total. The van der Waals surface area contributed by atoms with E-state index in [9.17, 15) is 14.7 Å². The predicted molar refractivity (Wildman–Crippen MR) is 190 cm³/mol. The number of rotatable bonds is 6. The molecule has 6 heteroatoms. The van der Waals surface area contributed by atoms with Gasteiger partial charge in [0.2, 0.25) is 5.91 Å². The van der Waals surface area contributed by atoms with Gasteiger partial charge in [0.1, 0.15) is 0 Å². The average molecular weight is 704 g/mol. The van der Waals surface area contributed by atoms with Gasteiger partial charge in [0.05, 0.1) is 11.5 Å². The molecular formula is C41H55BrN2O3. The Balaban J connectivity index is 1.02. The second-order valence-electron chi connectivity index (χ2n) is 17.3. The molecule has 0 radical (unpaired) electrons. The normalized spacial score (nSPS) is 38.7. The summed E-state index contributed by atoms with van der Waals surface area (Å²) in [6, 6.07) is 15.6. The lowest BCUT2D eigenvalue weighted by atomic mass is 9.36. The van der Waals surface area contributed by atoms with Gasteiger partial charge in [-0.3, -0.25) is 9.59 Å². The third-order valence-corrected chi connectivity index (χ3v) is 15.4. The van der Waals surface area contributed by atoms with Crippen LogP contribution >= 0.6 is 15.9 Å². The number of halogens is 1. The molecule has 0 bridgehead atoms. The molecule has 9 atom stereocenters. The van der Waals surface area contributed by atoms with E-state index in [0.29, 0.717) is 59.1 Å². The lowest BCUT2D eigenvalue weighted by Crippen LogP contribution is -2.63. The molecule has 0 spiro atoms. The van der Waals surface area contributed by atoms with E-state index < -0.39 is 0 Å². The van der Waals surface area contributed by atoms with Crippen LogP contribution < -0.4 is 10.6 Å². The number of amides is 2. The van der Waals surface area contributed by atoms with E-state index in [1.54, 1.807) is 0 Å². The fourth-order valence-corrected chi connectivity index (χ4v) is 13.2. The van der Waals surface area contributed by atoms with E-state index in [1.807, 2.05) is 48.5 Å². The van der Waals surface area contributed by atoms with Gasteiger partial charge in [-0.25, -0.2) is 0 Å². The van der Waals surface area contributed by atoms with Crippen molar-refractivity contribution in [3.8, 4) is 0 Å². The van der Waals surface area contributed by atoms with Crippen molar-refractivity contribution in [1.29, 1.82) is 0 Å². The number of nitrogens with one attached hydrogen (secondary N) is 2. The monoisotopic (exact) mass is 702 g/mol. The molecule has 47 heavy (non-hydrogen) atoms. The van der Waals surface area contributed by atoms with Crippen molar-refractivity contribution >= 4 is 27.7 Å². The van der Waals surface area contributed by atoms with Crippen molar-refractivity contribution in [3.63, 3.8) is 0 Å². The molecule has 5 aliphatic rings. The molecule has 5 fully saturated rings. The number of hydrogen-bond donors (Lipinski definition) is 3. The zero-order chi connectivity index (χ0) is 33.2. The van der Waals surface area contributed by atoms with Crippen molar-refractivity contribution in [2.24, 2.45) is 51.2 Å². The Morgan fingerprint density at radius 1 is 0.766 bits per heavy atom. The van der Waals surface area contributed by atoms with Crippen LogP contribution in [0.1, 0.15) is 120 Å². The van der Waals surface area contributed by atoms with E-state index in [1.165, 1.54) is 38.5 Å². The van der Waals surface area contributed by atoms with Gasteiger partial charge in [-0.1, -0.05) is 74.3 Å². The third kappa shape index (κ3) is 5.52. The highest BCUT2D eigenvalue weighted by molar-refractivity contribution is 9.10. The van der Waals surface area contributed by atoms with E-state index in [0.717, 1.165) is 47.7 Å². The average Bonchev–Trinajstić information content (AvgIpc) is 3.50. The minimum atomic E-state index is -0.249. The van der Waals surface area contributed by atoms with Gasteiger partial charge in [-0.15, -0.1) is 0 Å². The number of carbonyl (C=O) groups is 2. The van der Waals surface area contributed by atoms with Crippen LogP contribution in [0.2, 0.25) is 0 Å². The minimum Gasteiger partial charge on any atom is -0.393 e. The van der Waals surface area contributed by atoms with Crippen molar-refractivity contribution < 1.29 is 14.7 Å². The Morgan fingerprint density at radius 2 is 1.49 bits per heavy atom. The van der Waals surface area contributed by atoms with Crippen LogP contribution in [0.15, 0.2) is 53.0 Å². The smallest absolute Gasteiger partial charge is 0.251 e. The molecule has 2 aromatic carbocycles. The maximum atomic E-state index is 14.2. The van der Waals surface area contributed by atoms with Crippen LogP contribution in [0.5, 0.6) is 0 Å². The highest BCUT2D eigenvalue weighted by Gasteiger charge is 2.67. The number of benzene rings is 2. The molecule has 0 aliphatic heterocycles. The molecule has 254 valence electrons. The van der Waals surface area contributed by atoms with Gasteiger partial charge in [0.25, 0.3) is 5.91 Å². The molecule has 2 amide bonds. The zero-order valence-electron chi connectivity index (χ0n) is 28.9. The van der Waals surface area contributed by atoms with Gasteiger partial charge in [0.15, 0.2) is 0 Å². The third-order valence-electron chi connectivity index (χ3n) is 14.9. The summed E-state index contributed by atoms with van der Waals surface area (Å²) < 4.78 is 0.993. The first-order valence-corrected chi connectivity index (χ1v) is 19.3. The summed E-state index contributed by atoms with van der Waals surface area (Å²) in [6.07, 6.45) is 12.5. The molecule has 9 unspecified atom stereocenters. The lowest BCUT2D eigenvalue weighted by Gasteiger charge is -2.69. The number of aliphatic hydroxyl groups excluding tert-OH is 1. The Bertz CT molecular complexity index is 1520. The SMILES string of the molecule is CC1(C)C(O)CCC2(C)C1CCC1(C)C3CCC4(C(=O)NCc5cccc(C(=O)NCc6cccc(Br)c6)c5)CCCC4C3CCC12. The molecule has 0 saturated heterocycles. The summed E-state index contributed by atoms with van der Waals surface area (Å²) in [4.78, 5) is 27.2. The summed E-state index contributed by atoms with van der Waals surface area (Å²) in [5, 5.41) is 17.4. The molecule has 2 aromatic rings. The molecule has 0 heterocycles. The quantitative estimate of drug-likeness (QED) is 0.282. The number of aliphatic hydroxyl groups is 1. The number of carbonyl (C=O) groups excluding carboxylic acids is 2. The van der Waals surface area contributed by atoms with E-state index >= 15 is 0 Å². The molecule has 7 rings (SSSR count). The topological polar surface area (TPSA) is 78.4 Å².